The van der Waals surface area contributed by atoms with Crippen LogP contribution in [0.1, 0.15) is 19.5 Å². The minimum atomic E-state index is -0.702. The Balaban J connectivity index is 3.21. The Labute approximate surface area is 86.0 Å². The summed E-state index contributed by atoms with van der Waals surface area (Å²) in [5.41, 5.74) is 5.38. The van der Waals surface area contributed by atoms with Gasteiger partial charge in [-0.05, 0) is 13.8 Å². The minimum absolute atomic E-state index is 0.136. The Morgan fingerprint density at radius 3 is 2.57 bits per heavy atom. The van der Waals surface area contributed by atoms with Crippen molar-refractivity contribution in [1.29, 1.82) is 0 Å². The summed E-state index contributed by atoms with van der Waals surface area (Å²) in [5, 5.41) is 10.6. The number of pyridine rings is 1. The third-order valence-corrected chi connectivity index (χ3v) is 1.94. The lowest BCUT2D eigenvalue weighted by Crippen LogP contribution is -2.30. The van der Waals surface area contributed by atoms with Gasteiger partial charge in [0.1, 0.15) is 6.20 Å². The molecule has 0 aliphatic carbocycles. The van der Waals surface area contributed by atoms with E-state index >= 15 is 0 Å². The molecular formula is C8H10ClN3O2. The maximum absolute atomic E-state index is 10.4. The van der Waals surface area contributed by atoms with Gasteiger partial charge in [0, 0.05) is 6.07 Å². The number of nitrogens with two attached hydrogens (primary N) is 1. The molecule has 1 aromatic heterocycles. The topological polar surface area (TPSA) is 82.0 Å². The lowest BCUT2D eigenvalue weighted by atomic mass is 10.0. The largest absolute Gasteiger partial charge is 0.321 e. The molecule has 14 heavy (non-hydrogen) atoms. The maximum atomic E-state index is 10.4. The quantitative estimate of drug-likeness (QED) is 0.603. The molecular weight excluding hydrogens is 206 g/mol. The zero-order chi connectivity index (χ0) is 10.9. The summed E-state index contributed by atoms with van der Waals surface area (Å²) >= 11 is 5.81. The van der Waals surface area contributed by atoms with Crippen LogP contribution in [-0.4, -0.2) is 9.91 Å². The summed E-state index contributed by atoms with van der Waals surface area (Å²) in [5.74, 6) is 0. The van der Waals surface area contributed by atoms with Crippen molar-refractivity contribution in [1.82, 2.24) is 4.98 Å². The van der Waals surface area contributed by atoms with Gasteiger partial charge >= 0.3 is 0 Å². The second-order valence-electron chi connectivity index (χ2n) is 3.50. The van der Waals surface area contributed by atoms with Gasteiger partial charge in [0.25, 0.3) is 5.69 Å². The first kappa shape index (κ1) is 10.9. The lowest BCUT2D eigenvalue weighted by molar-refractivity contribution is -0.385. The van der Waals surface area contributed by atoms with E-state index in [4.69, 9.17) is 17.3 Å². The average Bonchev–Trinajstić information content (AvgIpc) is 2.01. The summed E-state index contributed by atoms with van der Waals surface area (Å²) < 4.78 is 0. The van der Waals surface area contributed by atoms with Gasteiger partial charge in [0.15, 0.2) is 0 Å². The first-order valence-corrected chi connectivity index (χ1v) is 4.29. The number of halogens is 1. The zero-order valence-corrected chi connectivity index (χ0v) is 8.58. The molecule has 0 fully saturated rings. The molecule has 0 spiro atoms. The van der Waals surface area contributed by atoms with Crippen LogP contribution in [0.25, 0.3) is 0 Å². The number of rotatable bonds is 2. The molecule has 0 aromatic carbocycles. The third kappa shape index (κ3) is 2.18. The van der Waals surface area contributed by atoms with E-state index in [-0.39, 0.29) is 10.7 Å². The Hall–Kier alpha value is -1.20. The molecule has 0 amide bonds. The van der Waals surface area contributed by atoms with Crippen molar-refractivity contribution < 1.29 is 4.92 Å². The van der Waals surface area contributed by atoms with Crippen LogP contribution in [0.4, 0.5) is 5.69 Å². The van der Waals surface area contributed by atoms with E-state index in [1.807, 2.05) is 0 Å². The highest BCUT2D eigenvalue weighted by atomic mass is 35.5. The van der Waals surface area contributed by atoms with Gasteiger partial charge in [-0.2, -0.15) is 0 Å². The molecule has 0 bridgehead atoms. The van der Waals surface area contributed by atoms with Crippen molar-refractivity contribution in [3.63, 3.8) is 0 Å². The average molecular weight is 216 g/mol. The van der Waals surface area contributed by atoms with Crippen molar-refractivity contribution in [2.45, 2.75) is 19.4 Å². The predicted molar refractivity (Wildman–Crippen MR) is 53.1 cm³/mol. The molecule has 0 radical (unpaired) electrons. The number of aromatic nitrogens is 1. The van der Waals surface area contributed by atoms with Crippen molar-refractivity contribution in [2.75, 3.05) is 0 Å². The summed E-state index contributed by atoms with van der Waals surface area (Å²) in [6, 6.07) is 1.25. The van der Waals surface area contributed by atoms with Crippen LogP contribution in [-0.2, 0) is 5.54 Å². The van der Waals surface area contributed by atoms with Crippen LogP contribution in [0.3, 0.4) is 0 Å². The van der Waals surface area contributed by atoms with Crippen LogP contribution in [0, 0.1) is 10.1 Å². The van der Waals surface area contributed by atoms with Gasteiger partial charge in [0.2, 0.25) is 0 Å². The van der Waals surface area contributed by atoms with E-state index in [1.165, 1.54) is 6.07 Å². The van der Waals surface area contributed by atoms with Crippen molar-refractivity contribution in [3.05, 3.63) is 33.1 Å². The number of nitrogens with zero attached hydrogens (tertiary/aromatic N) is 2. The summed E-state index contributed by atoms with van der Waals surface area (Å²) in [4.78, 5) is 13.7. The highest BCUT2D eigenvalue weighted by molar-refractivity contribution is 6.31. The smallest absolute Gasteiger partial charge is 0.289 e. The van der Waals surface area contributed by atoms with Gasteiger partial charge in [-0.3, -0.25) is 15.1 Å². The van der Waals surface area contributed by atoms with Gasteiger partial charge in [-0.25, -0.2) is 0 Å². The summed E-state index contributed by atoms with van der Waals surface area (Å²) in [6.07, 6.45) is 1.15. The van der Waals surface area contributed by atoms with Crippen LogP contribution >= 0.6 is 11.6 Å². The standard InChI is InChI=1S/C8H10ClN3O2/c1-8(2,10)7-6(9)3-5(4-11-7)12(13)14/h3-4H,10H2,1-2H3. The Morgan fingerprint density at radius 1 is 1.64 bits per heavy atom. The second kappa shape index (κ2) is 3.51. The molecule has 0 atom stereocenters. The van der Waals surface area contributed by atoms with Crippen LogP contribution < -0.4 is 5.73 Å². The fraction of sp³-hybridized carbons (Fsp3) is 0.375. The number of nitro groups is 1. The molecule has 1 aromatic rings. The van der Waals surface area contributed by atoms with Crippen LogP contribution in [0.2, 0.25) is 5.02 Å². The highest BCUT2D eigenvalue weighted by Crippen LogP contribution is 2.26. The van der Waals surface area contributed by atoms with Gasteiger partial charge < -0.3 is 5.73 Å². The fourth-order valence-electron chi connectivity index (χ4n) is 1.00. The molecule has 6 heteroatoms. The van der Waals surface area contributed by atoms with E-state index in [2.05, 4.69) is 4.98 Å². The summed E-state index contributed by atoms with van der Waals surface area (Å²) in [7, 11) is 0. The first-order valence-electron chi connectivity index (χ1n) is 3.91. The Bertz CT molecular complexity index is 373. The van der Waals surface area contributed by atoms with E-state index in [1.54, 1.807) is 13.8 Å². The minimum Gasteiger partial charge on any atom is -0.321 e. The van der Waals surface area contributed by atoms with Crippen LogP contribution in [0.5, 0.6) is 0 Å². The van der Waals surface area contributed by atoms with Crippen LogP contribution in [0.15, 0.2) is 12.3 Å². The first-order chi connectivity index (χ1) is 6.32. The molecule has 0 saturated heterocycles. The van der Waals surface area contributed by atoms with E-state index in [9.17, 15) is 10.1 Å². The molecule has 1 rings (SSSR count). The van der Waals surface area contributed by atoms with Crippen molar-refractivity contribution in [3.8, 4) is 0 Å². The van der Waals surface area contributed by atoms with E-state index < -0.39 is 10.5 Å². The molecule has 0 aliphatic rings. The van der Waals surface area contributed by atoms with Gasteiger partial charge in [0.05, 0.1) is 21.2 Å². The predicted octanol–water partition coefficient (Wildman–Crippen LogP) is 1.84. The molecule has 0 saturated carbocycles. The van der Waals surface area contributed by atoms with Gasteiger partial charge in [-0.15, -0.1) is 0 Å². The fourth-order valence-corrected chi connectivity index (χ4v) is 1.41. The molecule has 5 nitrogen and oxygen atoms in total. The molecule has 76 valence electrons. The normalized spacial score (nSPS) is 11.4. The Kier molecular flexibility index (Phi) is 2.73. The number of hydrogen-bond acceptors (Lipinski definition) is 4. The highest BCUT2D eigenvalue weighted by Gasteiger charge is 2.21. The Morgan fingerprint density at radius 2 is 2.21 bits per heavy atom. The second-order valence-corrected chi connectivity index (χ2v) is 3.91. The molecule has 1 heterocycles. The van der Waals surface area contributed by atoms with E-state index in [0.29, 0.717) is 5.69 Å². The zero-order valence-electron chi connectivity index (χ0n) is 7.82. The molecule has 2 N–H and O–H groups in total. The SMILES string of the molecule is CC(C)(N)c1ncc([N+](=O)[O-])cc1Cl. The van der Waals surface area contributed by atoms with E-state index in [0.717, 1.165) is 6.20 Å². The van der Waals surface area contributed by atoms with Crippen molar-refractivity contribution in [2.24, 2.45) is 5.73 Å². The molecule has 0 aliphatic heterocycles. The maximum Gasteiger partial charge on any atom is 0.289 e. The number of hydrogen-bond donors (Lipinski definition) is 1. The lowest BCUT2D eigenvalue weighted by Gasteiger charge is -2.18. The van der Waals surface area contributed by atoms with Gasteiger partial charge in [-0.1, -0.05) is 11.6 Å². The third-order valence-electron chi connectivity index (χ3n) is 1.65. The molecule has 0 unspecified atom stereocenters. The van der Waals surface area contributed by atoms with Crippen molar-refractivity contribution >= 4 is 17.3 Å². The summed E-state index contributed by atoms with van der Waals surface area (Å²) in [6.45, 7) is 3.46. The monoisotopic (exact) mass is 215 g/mol.